The normalized spacial score (nSPS) is 11.9. The molecular weight excluding hydrogens is 436 g/mol. The van der Waals surface area contributed by atoms with Gasteiger partial charge in [-0.15, -0.1) is 0 Å². The molecule has 2 aromatic carbocycles. The number of aliphatic carboxylic acids is 2. The lowest BCUT2D eigenvalue weighted by molar-refractivity contribution is -0.133. The van der Waals surface area contributed by atoms with Crippen molar-refractivity contribution < 1.29 is 24.5 Å². The van der Waals surface area contributed by atoms with Crippen LogP contribution in [0.5, 0.6) is 5.75 Å². The first-order chi connectivity index (χ1) is 13.9. The Balaban J connectivity index is 2.12. The van der Waals surface area contributed by atoms with Crippen LogP contribution in [0.2, 0.25) is 0 Å². The first-order valence-electron chi connectivity index (χ1n) is 9.25. The van der Waals surface area contributed by atoms with E-state index in [0.717, 1.165) is 16.5 Å². The number of hydrogen-bond donors (Lipinski definition) is 2. The topological polar surface area (TPSA) is 83.8 Å². The molecule has 152 valence electrons. The lowest BCUT2D eigenvalue weighted by Gasteiger charge is -2.07. The Kier molecular flexibility index (Phi) is 8.68. The molecule has 0 saturated carbocycles. The lowest BCUT2D eigenvalue weighted by Crippen LogP contribution is -2.05. The second kappa shape index (κ2) is 11.2. The maximum Gasteiger partial charge on any atom is 0.335 e. The van der Waals surface area contributed by atoms with Crippen LogP contribution in [0.25, 0.3) is 6.08 Å². The molecule has 0 heterocycles. The predicted octanol–water partition coefficient (Wildman–Crippen LogP) is 5.70. The van der Waals surface area contributed by atoms with E-state index in [-0.39, 0.29) is 11.1 Å². The zero-order chi connectivity index (χ0) is 21.2. The third-order valence-corrected chi connectivity index (χ3v) is 4.70. The standard InChI is InChI=1S/C23H23BrO5/c1-2-3-4-18(22(25)26)14-19(23(27)28)13-16-7-11-21(12-8-16)29-15-17-5-9-20(24)10-6-17/h5-14H,2-4,15H2,1H3,(H,25,26)(H,27,28). The fourth-order valence-electron chi connectivity index (χ4n) is 2.55. The predicted molar refractivity (Wildman–Crippen MR) is 116 cm³/mol. The van der Waals surface area contributed by atoms with Gasteiger partial charge in [0.2, 0.25) is 0 Å². The number of hydrogen-bond acceptors (Lipinski definition) is 3. The Morgan fingerprint density at radius 2 is 1.66 bits per heavy atom. The molecule has 2 N–H and O–H groups in total. The van der Waals surface area contributed by atoms with Crippen molar-refractivity contribution in [2.45, 2.75) is 32.8 Å². The van der Waals surface area contributed by atoms with Crippen LogP contribution in [0.1, 0.15) is 37.3 Å². The van der Waals surface area contributed by atoms with E-state index >= 15 is 0 Å². The van der Waals surface area contributed by atoms with Gasteiger partial charge in [0, 0.05) is 10.0 Å². The Hall–Kier alpha value is -2.86. The molecule has 5 nitrogen and oxygen atoms in total. The van der Waals surface area contributed by atoms with Crippen LogP contribution < -0.4 is 4.74 Å². The molecule has 0 aromatic heterocycles. The summed E-state index contributed by atoms with van der Waals surface area (Å²) in [6.07, 6.45) is 4.54. The van der Waals surface area contributed by atoms with Crippen molar-refractivity contribution in [3.05, 3.63) is 81.4 Å². The number of carboxylic acids is 2. The molecule has 29 heavy (non-hydrogen) atoms. The van der Waals surface area contributed by atoms with Gasteiger partial charge in [-0.05, 0) is 60.4 Å². The van der Waals surface area contributed by atoms with E-state index in [1.54, 1.807) is 24.3 Å². The fourth-order valence-corrected chi connectivity index (χ4v) is 2.81. The molecule has 6 heteroatoms. The van der Waals surface area contributed by atoms with E-state index in [1.807, 2.05) is 31.2 Å². The number of ether oxygens (including phenoxy) is 1. The van der Waals surface area contributed by atoms with Crippen molar-refractivity contribution in [2.24, 2.45) is 0 Å². The van der Waals surface area contributed by atoms with Crippen LogP contribution in [-0.2, 0) is 16.2 Å². The van der Waals surface area contributed by atoms with Crippen molar-refractivity contribution in [2.75, 3.05) is 0 Å². The van der Waals surface area contributed by atoms with Gasteiger partial charge < -0.3 is 14.9 Å². The molecule has 0 fully saturated rings. The SMILES string of the molecule is CCCCC(=CC(=Cc1ccc(OCc2ccc(Br)cc2)cc1)C(=O)O)C(=O)O. The van der Waals surface area contributed by atoms with Gasteiger partial charge in [-0.25, -0.2) is 9.59 Å². The Morgan fingerprint density at radius 1 is 1.00 bits per heavy atom. The maximum absolute atomic E-state index is 11.6. The monoisotopic (exact) mass is 458 g/mol. The summed E-state index contributed by atoms with van der Waals surface area (Å²) in [5.74, 6) is -1.61. The summed E-state index contributed by atoms with van der Waals surface area (Å²) in [5.41, 5.74) is 1.70. The van der Waals surface area contributed by atoms with Gasteiger partial charge in [0.25, 0.3) is 0 Å². The largest absolute Gasteiger partial charge is 0.489 e. The smallest absolute Gasteiger partial charge is 0.335 e. The zero-order valence-electron chi connectivity index (χ0n) is 16.1. The Bertz CT molecular complexity index is 896. The van der Waals surface area contributed by atoms with Gasteiger partial charge in [-0.3, -0.25) is 0 Å². The Morgan fingerprint density at radius 3 is 2.21 bits per heavy atom. The molecule has 0 radical (unpaired) electrons. The molecule has 0 amide bonds. The molecular formula is C23H23BrO5. The van der Waals surface area contributed by atoms with E-state index < -0.39 is 11.9 Å². The van der Waals surface area contributed by atoms with Crippen molar-refractivity contribution in [1.29, 1.82) is 0 Å². The highest BCUT2D eigenvalue weighted by Gasteiger charge is 2.12. The van der Waals surface area contributed by atoms with Crippen LogP contribution in [0.15, 0.2) is 70.2 Å². The van der Waals surface area contributed by atoms with Crippen molar-refractivity contribution >= 4 is 33.9 Å². The summed E-state index contributed by atoms with van der Waals surface area (Å²) in [6, 6.07) is 14.8. The molecule has 2 rings (SSSR count). The summed E-state index contributed by atoms with van der Waals surface area (Å²) in [5, 5.41) is 18.7. The highest BCUT2D eigenvalue weighted by molar-refractivity contribution is 9.10. The molecule has 0 aliphatic carbocycles. The van der Waals surface area contributed by atoms with Gasteiger partial charge in [0.15, 0.2) is 0 Å². The van der Waals surface area contributed by atoms with E-state index in [4.69, 9.17) is 4.74 Å². The first-order valence-corrected chi connectivity index (χ1v) is 10.0. The summed E-state index contributed by atoms with van der Waals surface area (Å²) in [7, 11) is 0. The molecule has 0 bridgehead atoms. The molecule has 0 aliphatic heterocycles. The molecule has 0 saturated heterocycles. The number of halogens is 1. The highest BCUT2D eigenvalue weighted by atomic mass is 79.9. The number of carboxylic acid groups (broad SMARTS) is 2. The average molecular weight is 459 g/mol. The third-order valence-electron chi connectivity index (χ3n) is 4.17. The fraction of sp³-hybridized carbons (Fsp3) is 0.217. The van der Waals surface area contributed by atoms with Crippen LogP contribution in [-0.4, -0.2) is 22.2 Å². The van der Waals surface area contributed by atoms with E-state index in [2.05, 4.69) is 15.9 Å². The van der Waals surface area contributed by atoms with Gasteiger partial charge >= 0.3 is 11.9 Å². The molecule has 0 spiro atoms. The number of carbonyl (C=O) groups is 2. The summed E-state index contributed by atoms with van der Waals surface area (Å²) >= 11 is 3.39. The van der Waals surface area contributed by atoms with E-state index in [9.17, 15) is 19.8 Å². The van der Waals surface area contributed by atoms with Gasteiger partial charge in [-0.1, -0.05) is 53.5 Å². The Labute approximate surface area is 178 Å². The summed E-state index contributed by atoms with van der Waals surface area (Å²) in [4.78, 5) is 22.9. The lowest BCUT2D eigenvalue weighted by atomic mass is 10.0. The minimum absolute atomic E-state index is 0.0676. The number of unbranched alkanes of at least 4 members (excludes halogenated alkanes) is 1. The van der Waals surface area contributed by atoms with Crippen LogP contribution in [0.4, 0.5) is 0 Å². The van der Waals surface area contributed by atoms with Gasteiger partial charge in [0.1, 0.15) is 12.4 Å². The van der Waals surface area contributed by atoms with Crippen molar-refractivity contribution in [3.8, 4) is 5.75 Å². The minimum atomic E-state index is -1.17. The zero-order valence-corrected chi connectivity index (χ0v) is 17.7. The van der Waals surface area contributed by atoms with Gasteiger partial charge in [-0.2, -0.15) is 0 Å². The summed E-state index contributed by atoms with van der Waals surface area (Å²) in [6.45, 7) is 2.37. The number of benzene rings is 2. The van der Waals surface area contributed by atoms with Gasteiger partial charge in [0.05, 0.1) is 5.57 Å². The molecule has 0 atom stereocenters. The quantitative estimate of drug-likeness (QED) is 0.352. The second-order valence-corrected chi connectivity index (χ2v) is 7.38. The molecule has 0 unspecified atom stereocenters. The van der Waals surface area contributed by atoms with Crippen molar-refractivity contribution in [3.63, 3.8) is 0 Å². The van der Waals surface area contributed by atoms with Crippen LogP contribution in [0.3, 0.4) is 0 Å². The maximum atomic E-state index is 11.6. The second-order valence-electron chi connectivity index (χ2n) is 6.47. The number of rotatable bonds is 10. The highest BCUT2D eigenvalue weighted by Crippen LogP contribution is 2.19. The third kappa shape index (κ3) is 7.58. The first kappa shape index (κ1) is 22.4. The molecule has 2 aromatic rings. The van der Waals surface area contributed by atoms with Crippen molar-refractivity contribution in [1.82, 2.24) is 0 Å². The minimum Gasteiger partial charge on any atom is -0.489 e. The summed E-state index contributed by atoms with van der Waals surface area (Å²) < 4.78 is 6.74. The molecule has 0 aliphatic rings. The van der Waals surface area contributed by atoms with E-state index in [1.165, 1.54) is 12.2 Å². The van der Waals surface area contributed by atoms with Crippen LogP contribution in [0, 0.1) is 0 Å². The van der Waals surface area contributed by atoms with Crippen LogP contribution >= 0.6 is 15.9 Å². The average Bonchev–Trinajstić information content (AvgIpc) is 2.70. The van der Waals surface area contributed by atoms with E-state index in [0.29, 0.717) is 30.8 Å².